The Balaban J connectivity index is 3.02. The lowest BCUT2D eigenvalue weighted by Crippen LogP contribution is -2.26. The summed E-state index contributed by atoms with van der Waals surface area (Å²) in [6.07, 6.45) is 0. The molecule has 0 bridgehead atoms. The SMILES string of the molecule is CCNc1nc(Cl)nc(N(CC#N)CC#N)n1. The number of halogens is 1. The molecule has 1 N–H and O–H groups in total. The Kier molecular flexibility index (Phi) is 4.92. The highest BCUT2D eigenvalue weighted by Gasteiger charge is 2.12. The van der Waals surface area contributed by atoms with Gasteiger partial charge in [-0.05, 0) is 18.5 Å². The second kappa shape index (κ2) is 6.46. The first-order valence-electron chi connectivity index (χ1n) is 4.85. The average Bonchev–Trinajstić information content (AvgIpc) is 2.28. The zero-order valence-corrected chi connectivity index (χ0v) is 9.94. The van der Waals surface area contributed by atoms with E-state index in [9.17, 15) is 0 Å². The van der Waals surface area contributed by atoms with E-state index in [0.29, 0.717) is 12.5 Å². The van der Waals surface area contributed by atoms with Crippen LogP contribution in [0.5, 0.6) is 0 Å². The van der Waals surface area contributed by atoms with Crippen molar-refractivity contribution < 1.29 is 0 Å². The molecule has 1 aromatic heterocycles. The topological polar surface area (TPSA) is 102 Å². The number of anilines is 2. The standard InChI is InChI=1S/C9H10ClN7/c1-2-13-8-14-7(10)15-9(16-8)17(5-3-11)6-4-12/h2,5-6H2,1H3,(H,13,14,15,16). The van der Waals surface area contributed by atoms with Gasteiger partial charge in [-0.25, -0.2) is 0 Å². The number of hydrogen-bond acceptors (Lipinski definition) is 7. The van der Waals surface area contributed by atoms with Crippen molar-refractivity contribution in [3.05, 3.63) is 5.28 Å². The fraction of sp³-hybridized carbons (Fsp3) is 0.444. The third-order valence-corrected chi connectivity index (χ3v) is 1.91. The van der Waals surface area contributed by atoms with E-state index in [4.69, 9.17) is 22.1 Å². The minimum absolute atomic E-state index is 0.0134. The van der Waals surface area contributed by atoms with Crippen molar-refractivity contribution >= 4 is 23.5 Å². The molecule has 0 aliphatic carbocycles. The van der Waals surface area contributed by atoms with Crippen LogP contribution in [0.2, 0.25) is 5.28 Å². The van der Waals surface area contributed by atoms with Crippen LogP contribution in [0.15, 0.2) is 0 Å². The summed E-state index contributed by atoms with van der Waals surface area (Å²) in [5.74, 6) is 0.535. The Hall–Kier alpha value is -2.12. The largest absolute Gasteiger partial charge is 0.354 e. The minimum atomic E-state index is 0.0134. The lowest BCUT2D eigenvalue weighted by atomic mass is 10.5. The van der Waals surface area contributed by atoms with E-state index in [-0.39, 0.29) is 24.3 Å². The van der Waals surface area contributed by atoms with Crippen LogP contribution < -0.4 is 10.2 Å². The molecule has 0 saturated heterocycles. The zero-order chi connectivity index (χ0) is 12.7. The molecule has 0 unspecified atom stereocenters. The van der Waals surface area contributed by atoms with Crippen molar-refractivity contribution in [2.24, 2.45) is 0 Å². The highest BCUT2D eigenvalue weighted by Crippen LogP contribution is 2.13. The van der Waals surface area contributed by atoms with E-state index >= 15 is 0 Å². The zero-order valence-electron chi connectivity index (χ0n) is 9.18. The van der Waals surface area contributed by atoms with Crippen molar-refractivity contribution in [2.75, 3.05) is 29.9 Å². The molecule has 1 aromatic rings. The van der Waals surface area contributed by atoms with Crippen molar-refractivity contribution in [1.82, 2.24) is 15.0 Å². The normalized spacial score (nSPS) is 9.18. The van der Waals surface area contributed by atoms with Crippen LogP contribution >= 0.6 is 11.6 Å². The van der Waals surface area contributed by atoms with Crippen LogP contribution in [0.25, 0.3) is 0 Å². The molecule has 0 saturated carbocycles. The van der Waals surface area contributed by atoms with Gasteiger partial charge in [0.05, 0.1) is 12.1 Å². The minimum Gasteiger partial charge on any atom is -0.354 e. The molecule has 7 nitrogen and oxygen atoms in total. The van der Waals surface area contributed by atoms with Crippen LogP contribution in [0.4, 0.5) is 11.9 Å². The maximum atomic E-state index is 8.65. The number of rotatable bonds is 5. The summed E-state index contributed by atoms with van der Waals surface area (Å²) >= 11 is 5.74. The lowest BCUT2D eigenvalue weighted by Gasteiger charge is -2.15. The Morgan fingerprint density at radius 1 is 1.24 bits per heavy atom. The third-order valence-electron chi connectivity index (χ3n) is 1.74. The number of nitrogens with zero attached hydrogens (tertiary/aromatic N) is 6. The number of hydrogen-bond donors (Lipinski definition) is 1. The van der Waals surface area contributed by atoms with Gasteiger partial charge in [-0.2, -0.15) is 25.5 Å². The molecular weight excluding hydrogens is 242 g/mol. The summed E-state index contributed by atoms with van der Waals surface area (Å²) in [5, 5.41) is 20.2. The molecule has 1 heterocycles. The van der Waals surface area contributed by atoms with Crippen molar-refractivity contribution in [3.63, 3.8) is 0 Å². The van der Waals surface area contributed by atoms with Gasteiger partial charge in [-0.1, -0.05) is 0 Å². The Morgan fingerprint density at radius 2 is 1.88 bits per heavy atom. The molecule has 0 aliphatic rings. The second-order valence-corrected chi connectivity index (χ2v) is 3.27. The molecule has 0 aromatic carbocycles. The van der Waals surface area contributed by atoms with Gasteiger partial charge in [0.25, 0.3) is 0 Å². The Bertz CT molecular complexity index is 445. The summed E-state index contributed by atoms with van der Waals surface area (Å²) < 4.78 is 0. The fourth-order valence-corrected chi connectivity index (χ4v) is 1.24. The van der Waals surface area contributed by atoms with Gasteiger partial charge >= 0.3 is 0 Å². The van der Waals surface area contributed by atoms with Crippen LogP contribution in [-0.4, -0.2) is 34.6 Å². The predicted octanol–water partition coefficient (Wildman–Crippen LogP) is 0.810. The third kappa shape index (κ3) is 3.74. The van der Waals surface area contributed by atoms with Crippen molar-refractivity contribution in [3.8, 4) is 12.1 Å². The number of nitriles is 2. The van der Waals surface area contributed by atoms with E-state index in [2.05, 4.69) is 20.3 Å². The van der Waals surface area contributed by atoms with E-state index in [0.717, 1.165) is 0 Å². The van der Waals surface area contributed by atoms with Crippen molar-refractivity contribution in [1.29, 1.82) is 10.5 Å². The van der Waals surface area contributed by atoms with E-state index in [1.807, 2.05) is 19.1 Å². The molecule has 1 rings (SSSR count). The van der Waals surface area contributed by atoms with Crippen LogP contribution in [0, 0.1) is 22.7 Å². The summed E-state index contributed by atoms with van der Waals surface area (Å²) in [7, 11) is 0. The molecule has 0 fully saturated rings. The van der Waals surface area contributed by atoms with Gasteiger partial charge in [0.1, 0.15) is 13.1 Å². The van der Waals surface area contributed by atoms with Gasteiger partial charge in [-0.3, -0.25) is 0 Å². The molecule has 0 spiro atoms. The first-order chi connectivity index (χ1) is 8.21. The molecule has 17 heavy (non-hydrogen) atoms. The van der Waals surface area contributed by atoms with Crippen LogP contribution in [0.1, 0.15) is 6.92 Å². The first kappa shape index (κ1) is 12.9. The molecule has 8 heteroatoms. The average molecular weight is 252 g/mol. The summed E-state index contributed by atoms with van der Waals surface area (Å²) in [6.45, 7) is 2.55. The fourth-order valence-electron chi connectivity index (χ4n) is 1.09. The molecule has 0 aliphatic heterocycles. The second-order valence-electron chi connectivity index (χ2n) is 2.93. The van der Waals surface area contributed by atoms with Crippen LogP contribution in [-0.2, 0) is 0 Å². The van der Waals surface area contributed by atoms with E-state index in [1.54, 1.807) is 0 Å². The molecule has 0 radical (unpaired) electrons. The smallest absolute Gasteiger partial charge is 0.233 e. The molecule has 88 valence electrons. The van der Waals surface area contributed by atoms with Gasteiger partial charge in [0.2, 0.25) is 17.2 Å². The monoisotopic (exact) mass is 251 g/mol. The van der Waals surface area contributed by atoms with Gasteiger partial charge in [-0.15, -0.1) is 0 Å². The lowest BCUT2D eigenvalue weighted by molar-refractivity contribution is 0.878. The number of nitrogens with one attached hydrogen (secondary N) is 1. The molecule has 0 amide bonds. The quantitative estimate of drug-likeness (QED) is 0.773. The van der Waals surface area contributed by atoms with E-state index < -0.39 is 0 Å². The highest BCUT2D eigenvalue weighted by molar-refractivity contribution is 6.28. The Morgan fingerprint density at radius 3 is 2.41 bits per heavy atom. The summed E-state index contributed by atoms with van der Waals surface area (Å²) in [5.41, 5.74) is 0. The molecular formula is C9H10ClN7. The van der Waals surface area contributed by atoms with Gasteiger partial charge in [0, 0.05) is 6.54 Å². The van der Waals surface area contributed by atoms with Crippen molar-refractivity contribution in [2.45, 2.75) is 6.92 Å². The highest BCUT2D eigenvalue weighted by atomic mass is 35.5. The molecule has 0 atom stereocenters. The van der Waals surface area contributed by atoms with Gasteiger partial charge < -0.3 is 10.2 Å². The van der Waals surface area contributed by atoms with Crippen LogP contribution in [0.3, 0.4) is 0 Å². The van der Waals surface area contributed by atoms with E-state index in [1.165, 1.54) is 4.90 Å². The number of aromatic nitrogens is 3. The first-order valence-corrected chi connectivity index (χ1v) is 5.23. The summed E-state index contributed by atoms with van der Waals surface area (Å²) in [4.78, 5) is 13.2. The summed E-state index contributed by atoms with van der Waals surface area (Å²) in [6, 6.07) is 3.87. The maximum absolute atomic E-state index is 8.65. The predicted molar refractivity (Wildman–Crippen MR) is 62.4 cm³/mol. The van der Waals surface area contributed by atoms with Gasteiger partial charge in [0.15, 0.2) is 0 Å². The maximum Gasteiger partial charge on any atom is 0.233 e. The Labute approximate surface area is 104 Å².